The molecule has 132 valence electrons. The third-order valence-corrected chi connectivity index (χ3v) is 6.31. The molecule has 0 radical (unpaired) electrons. The average molecular weight is 388 g/mol. The molecule has 0 atom stereocenters. The predicted octanol–water partition coefficient (Wildman–Crippen LogP) is 3.44. The lowest BCUT2D eigenvalue weighted by atomic mass is 10.2. The van der Waals surface area contributed by atoms with Crippen LogP contribution in [0.25, 0.3) is 0 Å². The van der Waals surface area contributed by atoms with Gasteiger partial charge in [0.2, 0.25) is 15.7 Å². The summed E-state index contributed by atoms with van der Waals surface area (Å²) in [4.78, 5) is 18.5. The first kappa shape index (κ1) is 16.8. The fraction of sp³-hybridized carbons (Fsp3) is 0.111. The lowest BCUT2D eigenvalue weighted by Gasteiger charge is -2.31. The maximum atomic E-state index is 13.0. The quantitative estimate of drug-likeness (QED) is 0.690. The lowest BCUT2D eigenvalue weighted by molar-refractivity contribution is -0.118. The SMILES string of the molecule is O=C(CCn1ccnc1)N1c2ccccc2S(=O)(=O)c2cc(Cl)ccc21. The first-order chi connectivity index (χ1) is 12.5. The molecule has 1 aliphatic rings. The number of amides is 1. The first-order valence-electron chi connectivity index (χ1n) is 7.91. The Morgan fingerprint density at radius 3 is 2.62 bits per heavy atom. The Kier molecular flexibility index (Phi) is 4.05. The summed E-state index contributed by atoms with van der Waals surface area (Å²) in [6, 6.07) is 11.0. The van der Waals surface area contributed by atoms with Gasteiger partial charge in [0, 0.05) is 30.4 Å². The molecular formula is C18H14ClN3O3S. The molecule has 26 heavy (non-hydrogen) atoms. The summed E-state index contributed by atoms with van der Waals surface area (Å²) in [5, 5.41) is 0.303. The van der Waals surface area contributed by atoms with Crippen LogP contribution in [-0.4, -0.2) is 23.9 Å². The molecule has 2 heterocycles. The molecule has 6 nitrogen and oxygen atoms in total. The maximum absolute atomic E-state index is 13.0. The Morgan fingerprint density at radius 2 is 1.85 bits per heavy atom. The molecule has 1 aromatic heterocycles. The number of anilines is 2. The fourth-order valence-corrected chi connectivity index (χ4v) is 4.91. The summed E-state index contributed by atoms with van der Waals surface area (Å²) < 4.78 is 27.7. The molecule has 4 rings (SSSR count). The zero-order valence-corrected chi connectivity index (χ0v) is 15.1. The summed E-state index contributed by atoms with van der Waals surface area (Å²) in [6.45, 7) is 0.452. The number of fused-ring (bicyclic) bond motifs is 2. The van der Waals surface area contributed by atoms with Gasteiger partial charge in [0.1, 0.15) is 0 Å². The molecule has 1 aliphatic heterocycles. The average Bonchev–Trinajstić information content (AvgIpc) is 3.14. The van der Waals surface area contributed by atoms with Crippen LogP contribution < -0.4 is 4.90 Å². The third-order valence-electron chi connectivity index (χ3n) is 4.24. The van der Waals surface area contributed by atoms with Gasteiger partial charge in [0.05, 0.1) is 27.5 Å². The monoisotopic (exact) mass is 387 g/mol. The molecule has 8 heteroatoms. The van der Waals surface area contributed by atoms with Crippen LogP contribution in [0.15, 0.2) is 71.0 Å². The fourth-order valence-electron chi connectivity index (χ4n) is 3.03. The van der Waals surface area contributed by atoms with Gasteiger partial charge in [0.15, 0.2) is 0 Å². The Labute approximate surface area is 155 Å². The highest BCUT2D eigenvalue weighted by Crippen LogP contribution is 2.45. The molecule has 0 spiro atoms. The second kappa shape index (κ2) is 6.26. The largest absolute Gasteiger partial charge is 0.337 e. The first-order valence-corrected chi connectivity index (χ1v) is 9.77. The molecule has 0 unspecified atom stereocenters. The van der Waals surface area contributed by atoms with Crippen molar-refractivity contribution in [1.29, 1.82) is 0 Å². The van der Waals surface area contributed by atoms with E-state index in [4.69, 9.17) is 11.6 Å². The molecule has 0 fully saturated rings. The second-order valence-electron chi connectivity index (χ2n) is 5.86. The normalized spacial score (nSPS) is 14.6. The Balaban J connectivity index is 1.81. The predicted molar refractivity (Wildman–Crippen MR) is 97.3 cm³/mol. The molecular weight excluding hydrogens is 374 g/mol. The standard InChI is InChI=1S/C18H14ClN3O3S/c19-13-5-6-15-17(11-13)26(24,25)16-4-2-1-3-14(16)22(15)18(23)7-9-21-10-8-20-12-21/h1-6,8,10-12H,7,9H2. The molecule has 0 aliphatic carbocycles. The lowest BCUT2D eigenvalue weighted by Crippen LogP contribution is -2.32. The summed E-state index contributed by atoms with van der Waals surface area (Å²) in [6.07, 6.45) is 5.25. The molecule has 2 aromatic carbocycles. The van der Waals surface area contributed by atoms with Crippen molar-refractivity contribution in [2.24, 2.45) is 0 Å². The number of rotatable bonds is 3. The number of carbonyl (C=O) groups excluding carboxylic acids is 1. The van der Waals surface area contributed by atoms with Gasteiger partial charge in [-0.25, -0.2) is 13.4 Å². The minimum absolute atomic E-state index is 0.0414. The van der Waals surface area contributed by atoms with Crippen LogP contribution in [0.4, 0.5) is 11.4 Å². The number of para-hydroxylation sites is 1. The van der Waals surface area contributed by atoms with Crippen LogP contribution in [0.2, 0.25) is 5.02 Å². The summed E-state index contributed by atoms with van der Waals surface area (Å²) in [7, 11) is -3.74. The van der Waals surface area contributed by atoms with E-state index in [1.54, 1.807) is 53.6 Å². The van der Waals surface area contributed by atoms with Gasteiger partial charge in [0.25, 0.3) is 0 Å². The minimum atomic E-state index is -3.74. The highest BCUT2D eigenvalue weighted by Gasteiger charge is 2.36. The Bertz CT molecular complexity index is 1090. The number of aromatic nitrogens is 2. The third kappa shape index (κ3) is 2.69. The van der Waals surface area contributed by atoms with Crippen LogP contribution in [0.5, 0.6) is 0 Å². The van der Waals surface area contributed by atoms with E-state index < -0.39 is 9.84 Å². The van der Waals surface area contributed by atoms with E-state index in [-0.39, 0.29) is 22.1 Å². The van der Waals surface area contributed by atoms with Crippen LogP contribution in [0.3, 0.4) is 0 Å². The van der Waals surface area contributed by atoms with Crippen LogP contribution in [0, 0.1) is 0 Å². The molecule has 0 saturated carbocycles. The molecule has 3 aromatic rings. The molecule has 0 saturated heterocycles. The number of hydrogen-bond acceptors (Lipinski definition) is 4. The van der Waals surface area contributed by atoms with Crippen molar-refractivity contribution >= 4 is 38.7 Å². The number of halogens is 1. The van der Waals surface area contributed by atoms with E-state index in [2.05, 4.69) is 4.98 Å². The molecule has 0 bridgehead atoms. The topological polar surface area (TPSA) is 72.3 Å². The number of benzene rings is 2. The Morgan fingerprint density at radius 1 is 1.08 bits per heavy atom. The van der Waals surface area contributed by atoms with Crippen molar-refractivity contribution in [3.8, 4) is 0 Å². The van der Waals surface area contributed by atoms with E-state index in [1.165, 1.54) is 17.0 Å². The van der Waals surface area contributed by atoms with Crippen molar-refractivity contribution in [2.75, 3.05) is 4.90 Å². The van der Waals surface area contributed by atoms with E-state index in [0.29, 0.717) is 22.9 Å². The van der Waals surface area contributed by atoms with Gasteiger partial charge in [-0.15, -0.1) is 0 Å². The minimum Gasteiger partial charge on any atom is -0.337 e. The van der Waals surface area contributed by atoms with Crippen LogP contribution in [-0.2, 0) is 21.2 Å². The smallest absolute Gasteiger partial charge is 0.233 e. The maximum Gasteiger partial charge on any atom is 0.233 e. The number of carbonyl (C=O) groups is 1. The number of nitrogens with zero attached hydrogens (tertiary/aromatic N) is 3. The van der Waals surface area contributed by atoms with Crippen LogP contribution >= 0.6 is 11.6 Å². The summed E-state index contributed by atoms with van der Waals surface area (Å²) >= 11 is 6.01. The Hall–Kier alpha value is -2.64. The van der Waals surface area contributed by atoms with Gasteiger partial charge in [-0.3, -0.25) is 9.69 Å². The highest BCUT2D eigenvalue weighted by atomic mass is 35.5. The van der Waals surface area contributed by atoms with E-state index in [1.807, 2.05) is 0 Å². The van der Waals surface area contributed by atoms with Crippen molar-refractivity contribution in [3.63, 3.8) is 0 Å². The van der Waals surface area contributed by atoms with Crippen molar-refractivity contribution < 1.29 is 13.2 Å². The van der Waals surface area contributed by atoms with E-state index >= 15 is 0 Å². The van der Waals surface area contributed by atoms with Gasteiger partial charge in [-0.05, 0) is 30.3 Å². The zero-order valence-electron chi connectivity index (χ0n) is 13.5. The van der Waals surface area contributed by atoms with Crippen molar-refractivity contribution in [3.05, 3.63) is 66.2 Å². The summed E-state index contributed by atoms with van der Waals surface area (Å²) in [5.74, 6) is -0.204. The summed E-state index contributed by atoms with van der Waals surface area (Å²) in [5.41, 5.74) is 0.682. The van der Waals surface area contributed by atoms with Gasteiger partial charge >= 0.3 is 0 Å². The van der Waals surface area contributed by atoms with Gasteiger partial charge in [-0.1, -0.05) is 23.7 Å². The number of sulfone groups is 1. The van der Waals surface area contributed by atoms with Gasteiger partial charge < -0.3 is 4.57 Å². The van der Waals surface area contributed by atoms with Crippen LogP contribution in [0.1, 0.15) is 6.42 Å². The van der Waals surface area contributed by atoms with Crippen molar-refractivity contribution in [2.45, 2.75) is 22.8 Å². The van der Waals surface area contributed by atoms with E-state index in [0.717, 1.165) is 0 Å². The van der Waals surface area contributed by atoms with Gasteiger partial charge in [-0.2, -0.15) is 0 Å². The van der Waals surface area contributed by atoms with Crippen molar-refractivity contribution in [1.82, 2.24) is 9.55 Å². The highest BCUT2D eigenvalue weighted by molar-refractivity contribution is 7.92. The second-order valence-corrected chi connectivity index (χ2v) is 8.19. The number of imidazole rings is 1. The van der Waals surface area contributed by atoms with E-state index in [9.17, 15) is 13.2 Å². The zero-order chi connectivity index (χ0) is 18.3. The molecule has 1 amide bonds. The molecule has 0 N–H and O–H groups in total. The number of aryl methyl sites for hydroxylation is 1. The number of hydrogen-bond donors (Lipinski definition) is 0.